The summed E-state index contributed by atoms with van der Waals surface area (Å²) in [6, 6.07) is 5.59. The summed E-state index contributed by atoms with van der Waals surface area (Å²) in [5.41, 5.74) is 2.55. The van der Waals surface area contributed by atoms with Crippen LogP contribution in [0.1, 0.15) is 19.4 Å². The SMILES string of the molecule is Cc1ccc(NC(=O)C(C)(C)Br)cc1-n1cnnn1. The molecule has 0 saturated heterocycles. The van der Waals surface area contributed by atoms with E-state index in [9.17, 15) is 4.79 Å². The zero-order valence-electron chi connectivity index (χ0n) is 10.9. The van der Waals surface area contributed by atoms with Gasteiger partial charge in [-0.15, -0.1) is 5.10 Å². The number of hydrogen-bond acceptors (Lipinski definition) is 4. The molecule has 0 fully saturated rings. The third-order valence-electron chi connectivity index (χ3n) is 2.60. The molecule has 100 valence electrons. The van der Waals surface area contributed by atoms with Gasteiger partial charge >= 0.3 is 0 Å². The average Bonchev–Trinajstić information content (AvgIpc) is 2.83. The summed E-state index contributed by atoms with van der Waals surface area (Å²) >= 11 is 3.32. The predicted molar refractivity (Wildman–Crippen MR) is 75.5 cm³/mol. The minimum Gasteiger partial charge on any atom is -0.325 e. The summed E-state index contributed by atoms with van der Waals surface area (Å²) in [6.45, 7) is 5.54. The molecule has 0 bridgehead atoms. The Morgan fingerprint density at radius 3 is 2.74 bits per heavy atom. The fourth-order valence-electron chi connectivity index (χ4n) is 1.49. The monoisotopic (exact) mass is 323 g/mol. The summed E-state index contributed by atoms with van der Waals surface area (Å²) < 4.78 is 0.942. The van der Waals surface area contributed by atoms with Crippen molar-refractivity contribution in [1.29, 1.82) is 0 Å². The van der Waals surface area contributed by atoms with Crippen LogP contribution in [0.25, 0.3) is 5.69 Å². The van der Waals surface area contributed by atoms with Crippen molar-refractivity contribution in [3.8, 4) is 5.69 Å². The van der Waals surface area contributed by atoms with Crippen LogP contribution in [0.3, 0.4) is 0 Å². The molecule has 2 aromatic rings. The van der Waals surface area contributed by atoms with Crippen molar-refractivity contribution in [2.45, 2.75) is 25.1 Å². The molecule has 2 rings (SSSR count). The predicted octanol–water partition coefficient (Wildman–Crippen LogP) is 2.08. The van der Waals surface area contributed by atoms with Gasteiger partial charge in [-0.25, -0.2) is 4.68 Å². The molecule has 1 heterocycles. The number of aromatic nitrogens is 4. The van der Waals surface area contributed by atoms with E-state index in [1.807, 2.05) is 25.1 Å². The summed E-state index contributed by atoms with van der Waals surface area (Å²) in [6.07, 6.45) is 1.52. The van der Waals surface area contributed by atoms with Gasteiger partial charge in [0.05, 0.1) is 10.0 Å². The molecule has 19 heavy (non-hydrogen) atoms. The van der Waals surface area contributed by atoms with Crippen LogP contribution in [0.4, 0.5) is 5.69 Å². The number of hydrogen-bond donors (Lipinski definition) is 1. The Bertz CT molecular complexity index is 589. The van der Waals surface area contributed by atoms with Crippen molar-refractivity contribution in [2.24, 2.45) is 0 Å². The molecule has 1 amide bonds. The lowest BCUT2D eigenvalue weighted by Gasteiger charge is -2.16. The van der Waals surface area contributed by atoms with Crippen molar-refractivity contribution in [3.63, 3.8) is 0 Å². The molecule has 0 spiro atoms. The van der Waals surface area contributed by atoms with Crippen molar-refractivity contribution < 1.29 is 4.79 Å². The number of nitrogens with one attached hydrogen (secondary N) is 1. The molecular weight excluding hydrogens is 310 g/mol. The lowest BCUT2D eigenvalue weighted by molar-refractivity contribution is -0.117. The van der Waals surface area contributed by atoms with Gasteiger partial charge in [0.2, 0.25) is 5.91 Å². The quantitative estimate of drug-likeness (QED) is 0.878. The number of benzene rings is 1. The fraction of sp³-hybridized carbons (Fsp3) is 0.333. The molecule has 0 aliphatic carbocycles. The number of amides is 1. The molecule has 1 aromatic heterocycles. The van der Waals surface area contributed by atoms with Crippen LogP contribution >= 0.6 is 15.9 Å². The van der Waals surface area contributed by atoms with Crippen LogP contribution in [0.2, 0.25) is 0 Å². The Balaban J connectivity index is 2.30. The van der Waals surface area contributed by atoms with Crippen molar-refractivity contribution in [3.05, 3.63) is 30.1 Å². The van der Waals surface area contributed by atoms with Gasteiger partial charge in [0.1, 0.15) is 6.33 Å². The molecule has 0 saturated carbocycles. The van der Waals surface area contributed by atoms with Crippen LogP contribution in [0, 0.1) is 6.92 Å². The Morgan fingerprint density at radius 1 is 1.42 bits per heavy atom. The Morgan fingerprint density at radius 2 is 2.16 bits per heavy atom. The van der Waals surface area contributed by atoms with Gasteiger partial charge in [-0.3, -0.25) is 4.79 Å². The largest absolute Gasteiger partial charge is 0.325 e. The van der Waals surface area contributed by atoms with Gasteiger partial charge in [-0.2, -0.15) is 0 Å². The summed E-state index contributed by atoms with van der Waals surface area (Å²) in [5, 5.41) is 13.9. The van der Waals surface area contributed by atoms with Gasteiger partial charge in [0.25, 0.3) is 0 Å². The standard InChI is InChI=1S/C12H14BrN5O/c1-8-4-5-9(15-11(19)12(2,3)13)6-10(8)18-7-14-16-17-18/h4-7H,1-3H3,(H,15,19). The van der Waals surface area contributed by atoms with Gasteiger partial charge in [0, 0.05) is 5.69 Å². The zero-order chi connectivity index (χ0) is 14.0. The lowest BCUT2D eigenvalue weighted by atomic mass is 10.1. The summed E-state index contributed by atoms with van der Waals surface area (Å²) in [7, 11) is 0. The topological polar surface area (TPSA) is 72.7 Å². The van der Waals surface area contributed by atoms with E-state index in [0.29, 0.717) is 5.69 Å². The first-order chi connectivity index (χ1) is 8.88. The van der Waals surface area contributed by atoms with E-state index in [4.69, 9.17) is 0 Å². The summed E-state index contributed by atoms with van der Waals surface area (Å²) in [5.74, 6) is -0.112. The molecule has 0 aliphatic heterocycles. The maximum atomic E-state index is 11.9. The Labute approximate surface area is 119 Å². The molecule has 1 aromatic carbocycles. The van der Waals surface area contributed by atoms with E-state index in [1.54, 1.807) is 18.5 Å². The highest BCUT2D eigenvalue weighted by Crippen LogP contribution is 2.22. The molecule has 0 atom stereocenters. The van der Waals surface area contributed by atoms with Gasteiger partial charge in [-0.05, 0) is 48.9 Å². The van der Waals surface area contributed by atoms with Gasteiger partial charge < -0.3 is 5.32 Å². The van der Waals surface area contributed by atoms with Crippen LogP contribution in [-0.2, 0) is 4.79 Å². The second-order valence-electron chi connectivity index (χ2n) is 4.68. The Hall–Kier alpha value is -1.76. The number of alkyl halides is 1. The van der Waals surface area contributed by atoms with Crippen molar-refractivity contribution in [1.82, 2.24) is 20.2 Å². The first kappa shape index (κ1) is 13.7. The smallest absolute Gasteiger partial charge is 0.240 e. The molecule has 1 N–H and O–H groups in total. The third kappa shape index (κ3) is 3.17. The number of nitrogens with zero attached hydrogens (tertiary/aromatic N) is 4. The van der Waals surface area contributed by atoms with E-state index < -0.39 is 4.32 Å². The maximum Gasteiger partial charge on any atom is 0.240 e. The number of tetrazole rings is 1. The molecule has 7 heteroatoms. The third-order valence-corrected chi connectivity index (χ3v) is 2.96. The molecular formula is C12H14BrN5O. The second-order valence-corrected chi connectivity index (χ2v) is 6.66. The molecule has 0 radical (unpaired) electrons. The lowest BCUT2D eigenvalue weighted by Crippen LogP contribution is -2.31. The molecule has 0 unspecified atom stereocenters. The van der Waals surface area contributed by atoms with E-state index in [1.165, 1.54) is 6.33 Å². The van der Waals surface area contributed by atoms with Crippen molar-refractivity contribution in [2.75, 3.05) is 5.32 Å². The van der Waals surface area contributed by atoms with Crippen LogP contribution in [-0.4, -0.2) is 30.4 Å². The highest BCUT2D eigenvalue weighted by molar-refractivity contribution is 9.10. The van der Waals surface area contributed by atoms with E-state index >= 15 is 0 Å². The van der Waals surface area contributed by atoms with Crippen molar-refractivity contribution >= 4 is 27.5 Å². The van der Waals surface area contributed by atoms with E-state index in [-0.39, 0.29) is 5.91 Å². The zero-order valence-corrected chi connectivity index (χ0v) is 12.5. The van der Waals surface area contributed by atoms with Crippen LogP contribution in [0.15, 0.2) is 24.5 Å². The van der Waals surface area contributed by atoms with Crippen LogP contribution in [0.5, 0.6) is 0 Å². The number of anilines is 1. The normalized spacial score (nSPS) is 11.4. The van der Waals surface area contributed by atoms with E-state index in [2.05, 4.69) is 36.8 Å². The number of aryl methyl sites for hydroxylation is 1. The Kier molecular flexibility index (Phi) is 3.66. The fourth-order valence-corrected chi connectivity index (χ4v) is 1.58. The number of carbonyl (C=O) groups excluding carboxylic acids is 1. The van der Waals surface area contributed by atoms with Gasteiger partial charge in [0.15, 0.2) is 0 Å². The number of carbonyl (C=O) groups is 1. The second kappa shape index (κ2) is 5.08. The minimum atomic E-state index is -0.618. The molecule has 0 aliphatic rings. The van der Waals surface area contributed by atoms with E-state index in [0.717, 1.165) is 11.3 Å². The van der Waals surface area contributed by atoms with Crippen LogP contribution < -0.4 is 5.32 Å². The first-order valence-corrected chi connectivity index (χ1v) is 6.51. The number of halogens is 1. The highest BCUT2D eigenvalue weighted by atomic mass is 79.9. The highest BCUT2D eigenvalue weighted by Gasteiger charge is 2.23. The number of rotatable bonds is 3. The first-order valence-electron chi connectivity index (χ1n) is 5.72. The van der Waals surface area contributed by atoms with Gasteiger partial charge in [-0.1, -0.05) is 22.0 Å². The summed E-state index contributed by atoms with van der Waals surface area (Å²) in [4.78, 5) is 11.9. The average molecular weight is 324 g/mol. The minimum absolute atomic E-state index is 0.112. The maximum absolute atomic E-state index is 11.9. The molecule has 6 nitrogen and oxygen atoms in total.